The van der Waals surface area contributed by atoms with Crippen LogP contribution in [-0.2, 0) is 11.2 Å². The first-order valence-electron chi connectivity index (χ1n) is 10.4. The molecule has 0 radical (unpaired) electrons. The van der Waals surface area contributed by atoms with E-state index in [9.17, 15) is 4.79 Å². The zero-order valence-corrected chi connectivity index (χ0v) is 17.0. The van der Waals surface area contributed by atoms with Gasteiger partial charge in [0.15, 0.2) is 0 Å². The Hall–Kier alpha value is -3.46. The molecule has 0 spiro atoms. The van der Waals surface area contributed by atoms with Crippen LogP contribution in [0, 0.1) is 0 Å². The summed E-state index contributed by atoms with van der Waals surface area (Å²) in [6.07, 6.45) is 4.88. The van der Waals surface area contributed by atoms with Gasteiger partial charge in [0.1, 0.15) is 0 Å². The van der Waals surface area contributed by atoms with Gasteiger partial charge in [0.05, 0.1) is 18.4 Å². The number of hydrogen-bond acceptors (Lipinski definition) is 3. The van der Waals surface area contributed by atoms with E-state index in [1.807, 2.05) is 18.3 Å². The van der Waals surface area contributed by atoms with Crippen molar-refractivity contribution in [1.82, 2.24) is 4.98 Å². The lowest BCUT2D eigenvalue weighted by atomic mass is 9.97. The Kier molecular flexibility index (Phi) is 4.80. The summed E-state index contributed by atoms with van der Waals surface area (Å²) in [5.41, 5.74) is 6.03. The van der Waals surface area contributed by atoms with Gasteiger partial charge >= 0.3 is 5.97 Å². The number of aromatic nitrogens is 1. The Balaban J connectivity index is 1.50. The second kappa shape index (κ2) is 7.75. The molecule has 3 nitrogen and oxygen atoms in total. The van der Waals surface area contributed by atoms with Gasteiger partial charge in [0.2, 0.25) is 0 Å². The van der Waals surface area contributed by atoms with Crippen molar-refractivity contribution in [3.63, 3.8) is 0 Å². The van der Waals surface area contributed by atoms with Crippen LogP contribution < -0.4 is 0 Å². The molecule has 1 aliphatic carbocycles. The lowest BCUT2D eigenvalue weighted by Gasteiger charge is -2.11. The number of carbonyl (C=O) groups excluding carboxylic acids is 1. The monoisotopic (exact) mass is 393 g/mol. The van der Waals surface area contributed by atoms with Crippen molar-refractivity contribution in [2.24, 2.45) is 0 Å². The summed E-state index contributed by atoms with van der Waals surface area (Å²) in [6.45, 7) is 0. The molecule has 0 bridgehead atoms. The molecule has 4 aromatic rings. The fourth-order valence-electron chi connectivity index (χ4n) is 3.99. The van der Waals surface area contributed by atoms with E-state index < -0.39 is 0 Å². The van der Waals surface area contributed by atoms with Crippen LogP contribution in [0.1, 0.15) is 45.9 Å². The van der Waals surface area contributed by atoms with Crippen molar-refractivity contribution >= 4 is 16.7 Å². The lowest BCUT2D eigenvalue weighted by molar-refractivity contribution is 0.0599. The normalized spacial score (nSPS) is 13.4. The van der Waals surface area contributed by atoms with Gasteiger partial charge in [-0.05, 0) is 63.9 Å². The Morgan fingerprint density at radius 2 is 1.73 bits per heavy atom. The Morgan fingerprint density at radius 3 is 2.50 bits per heavy atom. The predicted molar refractivity (Wildman–Crippen MR) is 120 cm³/mol. The molecule has 0 unspecified atom stereocenters. The summed E-state index contributed by atoms with van der Waals surface area (Å²) in [5.74, 6) is 0.235. The highest BCUT2D eigenvalue weighted by molar-refractivity contribution is 5.91. The van der Waals surface area contributed by atoms with Gasteiger partial charge in [-0.3, -0.25) is 4.98 Å². The summed E-state index contributed by atoms with van der Waals surface area (Å²) in [4.78, 5) is 17.0. The maximum absolute atomic E-state index is 12.4. The van der Waals surface area contributed by atoms with Crippen LogP contribution in [0.4, 0.5) is 0 Å². The second-order valence-electron chi connectivity index (χ2n) is 7.97. The van der Waals surface area contributed by atoms with Crippen molar-refractivity contribution < 1.29 is 9.53 Å². The van der Waals surface area contributed by atoms with Crippen molar-refractivity contribution in [2.45, 2.75) is 25.2 Å². The van der Waals surface area contributed by atoms with Gasteiger partial charge in [-0.25, -0.2) is 4.79 Å². The van der Waals surface area contributed by atoms with E-state index in [1.54, 1.807) is 0 Å². The minimum absolute atomic E-state index is 0.313. The molecule has 148 valence electrons. The van der Waals surface area contributed by atoms with Crippen LogP contribution >= 0.6 is 0 Å². The largest absolute Gasteiger partial charge is 0.465 e. The molecule has 0 atom stereocenters. The SMILES string of the molecule is COC(=O)c1cc(C2CC2)cnc1Cc1ccc2ccc(-c3ccccc3)cc2c1. The molecule has 0 saturated heterocycles. The maximum Gasteiger partial charge on any atom is 0.339 e. The van der Waals surface area contributed by atoms with Gasteiger partial charge in [-0.1, -0.05) is 60.7 Å². The van der Waals surface area contributed by atoms with Gasteiger partial charge in [0.25, 0.3) is 0 Å². The van der Waals surface area contributed by atoms with Crippen LogP contribution in [-0.4, -0.2) is 18.1 Å². The third-order valence-corrected chi connectivity index (χ3v) is 5.83. The lowest BCUT2D eigenvalue weighted by Crippen LogP contribution is -2.09. The smallest absolute Gasteiger partial charge is 0.339 e. The van der Waals surface area contributed by atoms with E-state index in [2.05, 4.69) is 65.6 Å². The maximum atomic E-state index is 12.4. The van der Waals surface area contributed by atoms with Crippen LogP contribution in [0.5, 0.6) is 0 Å². The predicted octanol–water partition coefficient (Wildman–Crippen LogP) is 6.16. The van der Waals surface area contributed by atoms with Crippen molar-refractivity contribution in [1.29, 1.82) is 0 Å². The minimum Gasteiger partial charge on any atom is -0.465 e. The topological polar surface area (TPSA) is 39.2 Å². The number of esters is 1. The van der Waals surface area contributed by atoms with E-state index in [1.165, 1.54) is 41.9 Å². The number of benzene rings is 3. The fraction of sp³-hybridized carbons (Fsp3) is 0.185. The summed E-state index contributed by atoms with van der Waals surface area (Å²) < 4.78 is 5.03. The molecule has 0 N–H and O–H groups in total. The first-order chi connectivity index (χ1) is 14.7. The molecule has 0 aliphatic heterocycles. The standard InChI is InChI=1S/C27H23NO2/c1-30-27(29)25-16-24(21-9-10-21)17-28-26(25)14-18-7-8-20-11-12-22(15-23(20)13-18)19-5-3-2-4-6-19/h2-8,11-13,15-17,21H,9-10,14H2,1H3. The second-order valence-corrected chi connectivity index (χ2v) is 7.97. The van der Waals surface area contributed by atoms with E-state index in [4.69, 9.17) is 4.74 Å². The molecule has 3 heteroatoms. The molecule has 1 heterocycles. The quantitative estimate of drug-likeness (QED) is 0.381. The zero-order chi connectivity index (χ0) is 20.5. The highest BCUT2D eigenvalue weighted by Crippen LogP contribution is 2.40. The molecular weight excluding hydrogens is 370 g/mol. The Labute approximate surface area is 176 Å². The average molecular weight is 393 g/mol. The number of fused-ring (bicyclic) bond motifs is 1. The third-order valence-electron chi connectivity index (χ3n) is 5.83. The minimum atomic E-state index is -0.313. The van der Waals surface area contributed by atoms with Crippen molar-refractivity contribution in [2.75, 3.05) is 7.11 Å². The molecule has 1 fully saturated rings. The Morgan fingerprint density at radius 1 is 0.933 bits per heavy atom. The first kappa shape index (κ1) is 18.6. The average Bonchev–Trinajstić information content (AvgIpc) is 3.64. The molecule has 1 aliphatic rings. The van der Waals surface area contributed by atoms with Gasteiger partial charge in [-0.2, -0.15) is 0 Å². The van der Waals surface area contributed by atoms with Crippen molar-refractivity contribution in [3.8, 4) is 11.1 Å². The van der Waals surface area contributed by atoms with Crippen LogP contribution in [0.15, 0.2) is 79.0 Å². The number of ether oxygens (including phenoxy) is 1. The zero-order valence-electron chi connectivity index (χ0n) is 17.0. The van der Waals surface area contributed by atoms with Gasteiger partial charge < -0.3 is 4.74 Å². The van der Waals surface area contributed by atoms with Gasteiger partial charge in [-0.15, -0.1) is 0 Å². The van der Waals surface area contributed by atoms with Crippen LogP contribution in [0.25, 0.3) is 21.9 Å². The Bertz CT molecular complexity index is 1230. The summed E-state index contributed by atoms with van der Waals surface area (Å²) >= 11 is 0. The molecule has 1 aromatic heterocycles. The summed E-state index contributed by atoms with van der Waals surface area (Å²) in [5, 5.41) is 2.38. The highest BCUT2D eigenvalue weighted by atomic mass is 16.5. The summed E-state index contributed by atoms with van der Waals surface area (Å²) in [7, 11) is 1.43. The van der Waals surface area contributed by atoms with E-state index >= 15 is 0 Å². The number of methoxy groups -OCH3 is 1. The highest BCUT2D eigenvalue weighted by Gasteiger charge is 2.26. The molecule has 5 rings (SSSR count). The van der Waals surface area contributed by atoms with Crippen LogP contribution in [0.2, 0.25) is 0 Å². The third kappa shape index (κ3) is 3.71. The molecule has 1 saturated carbocycles. The fourth-order valence-corrected chi connectivity index (χ4v) is 3.99. The number of pyridine rings is 1. The van der Waals surface area contributed by atoms with Gasteiger partial charge in [0, 0.05) is 12.6 Å². The molecular formula is C27H23NO2. The number of hydrogen-bond donors (Lipinski definition) is 0. The first-order valence-corrected chi connectivity index (χ1v) is 10.4. The summed E-state index contributed by atoms with van der Waals surface area (Å²) in [6, 6.07) is 25.3. The number of carbonyl (C=O) groups is 1. The number of rotatable bonds is 5. The van der Waals surface area contributed by atoms with E-state index in [0.29, 0.717) is 17.9 Å². The van der Waals surface area contributed by atoms with Crippen LogP contribution in [0.3, 0.4) is 0 Å². The van der Waals surface area contributed by atoms with E-state index in [0.717, 1.165) is 16.8 Å². The van der Waals surface area contributed by atoms with E-state index in [-0.39, 0.29) is 5.97 Å². The number of nitrogens with zero attached hydrogens (tertiary/aromatic N) is 1. The molecule has 3 aromatic carbocycles. The molecule has 30 heavy (non-hydrogen) atoms. The van der Waals surface area contributed by atoms with Crippen molar-refractivity contribution in [3.05, 3.63) is 101 Å². The molecule has 0 amide bonds.